The molecule has 1 aliphatic rings. The van der Waals surface area contributed by atoms with E-state index < -0.39 is 0 Å². The Bertz CT molecular complexity index is 387. The van der Waals surface area contributed by atoms with E-state index in [4.69, 9.17) is 11.6 Å². The van der Waals surface area contributed by atoms with E-state index in [-0.39, 0.29) is 0 Å². The standard InChI is InChI=1S/C14H22ClN3/c1-3-5-12-13(15)16-10-17-14(12)18-8-6-11(4-2)7-9-18/h10-11H,3-9H2,1-2H3. The molecule has 1 saturated heterocycles. The molecule has 100 valence electrons. The van der Waals surface area contributed by atoms with Gasteiger partial charge in [-0.05, 0) is 25.2 Å². The second-order valence-corrected chi connectivity index (χ2v) is 5.41. The summed E-state index contributed by atoms with van der Waals surface area (Å²) in [6.07, 6.45) is 7.45. The highest BCUT2D eigenvalue weighted by Crippen LogP contribution is 2.29. The molecule has 0 atom stereocenters. The van der Waals surface area contributed by atoms with Crippen LogP contribution in [0.3, 0.4) is 0 Å². The zero-order chi connectivity index (χ0) is 13.0. The summed E-state index contributed by atoms with van der Waals surface area (Å²) in [4.78, 5) is 11.0. The Balaban J connectivity index is 2.15. The fraction of sp³-hybridized carbons (Fsp3) is 0.714. The molecule has 0 aliphatic carbocycles. The number of piperidine rings is 1. The lowest BCUT2D eigenvalue weighted by atomic mass is 9.94. The number of rotatable bonds is 4. The van der Waals surface area contributed by atoms with E-state index in [0.29, 0.717) is 5.15 Å². The molecular formula is C14H22ClN3. The van der Waals surface area contributed by atoms with Gasteiger partial charge in [0.15, 0.2) is 0 Å². The van der Waals surface area contributed by atoms with Crippen LogP contribution < -0.4 is 4.90 Å². The zero-order valence-electron chi connectivity index (χ0n) is 11.3. The molecular weight excluding hydrogens is 246 g/mol. The Kier molecular flexibility index (Phi) is 4.81. The molecule has 1 aliphatic heterocycles. The van der Waals surface area contributed by atoms with Gasteiger partial charge in [-0.3, -0.25) is 0 Å². The molecule has 4 heteroatoms. The van der Waals surface area contributed by atoms with Crippen LogP contribution in [0.2, 0.25) is 5.15 Å². The van der Waals surface area contributed by atoms with Crippen molar-refractivity contribution >= 4 is 17.4 Å². The summed E-state index contributed by atoms with van der Waals surface area (Å²) in [7, 11) is 0. The van der Waals surface area contributed by atoms with E-state index in [1.165, 1.54) is 19.3 Å². The van der Waals surface area contributed by atoms with Gasteiger partial charge < -0.3 is 4.90 Å². The third-order valence-corrected chi connectivity index (χ3v) is 4.19. The van der Waals surface area contributed by atoms with Crippen LogP contribution in [0.25, 0.3) is 0 Å². The Morgan fingerprint density at radius 3 is 2.61 bits per heavy atom. The second-order valence-electron chi connectivity index (χ2n) is 5.06. The van der Waals surface area contributed by atoms with Crippen LogP contribution >= 0.6 is 11.6 Å². The monoisotopic (exact) mass is 267 g/mol. The molecule has 0 spiro atoms. The molecule has 1 aromatic heterocycles. The molecule has 0 amide bonds. The van der Waals surface area contributed by atoms with Gasteiger partial charge in [0, 0.05) is 18.7 Å². The van der Waals surface area contributed by atoms with Crippen molar-refractivity contribution in [1.82, 2.24) is 9.97 Å². The SMILES string of the molecule is CCCc1c(Cl)ncnc1N1CCC(CC)CC1. The zero-order valence-corrected chi connectivity index (χ0v) is 12.1. The van der Waals surface area contributed by atoms with Crippen molar-refractivity contribution in [1.29, 1.82) is 0 Å². The van der Waals surface area contributed by atoms with Crippen LogP contribution in [0.1, 0.15) is 45.1 Å². The first-order valence-electron chi connectivity index (χ1n) is 7.00. The summed E-state index contributed by atoms with van der Waals surface area (Å²) < 4.78 is 0. The lowest BCUT2D eigenvalue weighted by molar-refractivity contribution is 0.393. The Morgan fingerprint density at radius 1 is 1.28 bits per heavy atom. The van der Waals surface area contributed by atoms with Crippen LogP contribution in [-0.2, 0) is 6.42 Å². The molecule has 0 aromatic carbocycles. The summed E-state index contributed by atoms with van der Waals surface area (Å²) in [5.74, 6) is 1.94. The number of hydrogen-bond donors (Lipinski definition) is 0. The predicted octanol–water partition coefficient (Wildman–Crippen LogP) is 3.71. The first kappa shape index (κ1) is 13.6. The highest BCUT2D eigenvalue weighted by atomic mass is 35.5. The summed E-state index contributed by atoms with van der Waals surface area (Å²) in [6.45, 7) is 6.64. The minimum atomic E-state index is 0.625. The normalized spacial score (nSPS) is 17.2. The first-order chi connectivity index (χ1) is 8.76. The maximum absolute atomic E-state index is 6.21. The molecule has 1 aromatic rings. The molecule has 0 unspecified atom stereocenters. The fourth-order valence-electron chi connectivity index (χ4n) is 2.67. The van der Waals surface area contributed by atoms with Crippen molar-refractivity contribution in [2.45, 2.75) is 46.0 Å². The number of aromatic nitrogens is 2. The molecule has 0 N–H and O–H groups in total. The maximum Gasteiger partial charge on any atom is 0.137 e. The Hall–Kier alpha value is -0.830. The summed E-state index contributed by atoms with van der Waals surface area (Å²) in [6, 6.07) is 0. The highest BCUT2D eigenvalue weighted by Gasteiger charge is 2.21. The number of anilines is 1. The smallest absolute Gasteiger partial charge is 0.137 e. The first-order valence-corrected chi connectivity index (χ1v) is 7.38. The van der Waals surface area contributed by atoms with Gasteiger partial charge in [0.1, 0.15) is 17.3 Å². The number of halogens is 1. The molecule has 2 heterocycles. The van der Waals surface area contributed by atoms with E-state index in [9.17, 15) is 0 Å². The Morgan fingerprint density at radius 2 is 2.00 bits per heavy atom. The van der Waals surface area contributed by atoms with Gasteiger partial charge in [-0.2, -0.15) is 0 Å². The summed E-state index contributed by atoms with van der Waals surface area (Å²) >= 11 is 6.21. The van der Waals surface area contributed by atoms with Gasteiger partial charge in [0.25, 0.3) is 0 Å². The fourth-order valence-corrected chi connectivity index (χ4v) is 2.90. The molecule has 3 nitrogen and oxygen atoms in total. The largest absolute Gasteiger partial charge is 0.356 e. The van der Waals surface area contributed by atoms with Gasteiger partial charge in [0.05, 0.1) is 0 Å². The van der Waals surface area contributed by atoms with Gasteiger partial charge in [-0.1, -0.05) is 38.3 Å². The number of hydrogen-bond acceptors (Lipinski definition) is 3. The minimum Gasteiger partial charge on any atom is -0.356 e. The maximum atomic E-state index is 6.21. The van der Waals surface area contributed by atoms with E-state index in [1.807, 2.05) is 0 Å². The van der Waals surface area contributed by atoms with Crippen LogP contribution in [0, 0.1) is 5.92 Å². The molecule has 0 bridgehead atoms. The van der Waals surface area contributed by atoms with Crippen molar-refractivity contribution in [3.8, 4) is 0 Å². The molecule has 0 radical (unpaired) electrons. The average Bonchev–Trinajstić information content (AvgIpc) is 2.41. The lowest BCUT2D eigenvalue weighted by Crippen LogP contribution is -2.34. The van der Waals surface area contributed by atoms with Crippen molar-refractivity contribution in [3.05, 3.63) is 17.0 Å². The van der Waals surface area contributed by atoms with E-state index in [1.54, 1.807) is 6.33 Å². The van der Waals surface area contributed by atoms with Crippen molar-refractivity contribution in [2.75, 3.05) is 18.0 Å². The third-order valence-electron chi connectivity index (χ3n) is 3.86. The van der Waals surface area contributed by atoms with Gasteiger partial charge >= 0.3 is 0 Å². The van der Waals surface area contributed by atoms with Crippen molar-refractivity contribution in [3.63, 3.8) is 0 Å². The van der Waals surface area contributed by atoms with Crippen LogP contribution in [0.4, 0.5) is 5.82 Å². The highest BCUT2D eigenvalue weighted by molar-refractivity contribution is 6.30. The number of nitrogens with zero attached hydrogens (tertiary/aromatic N) is 3. The molecule has 18 heavy (non-hydrogen) atoms. The topological polar surface area (TPSA) is 29.0 Å². The minimum absolute atomic E-state index is 0.625. The van der Waals surface area contributed by atoms with Gasteiger partial charge in [-0.25, -0.2) is 9.97 Å². The third kappa shape index (κ3) is 2.94. The molecule has 2 rings (SSSR count). The quantitative estimate of drug-likeness (QED) is 0.779. The van der Waals surface area contributed by atoms with E-state index in [2.05, 4.69) is 28.7 Å². The van der Waals surface area contributed by atoms with E-state index >= 15 is 0 Å². The van der Waals surface area contributed by atoms with Crippen molar-refractivity contribution < 1.29 is 0 Å². The average molecular weight is 268 g/mol. The summed E-state index contributed by atoms with van der Waals surface area (Å²) in [5.41, 5.74) is 1.12. The van der Waals surface area contributed by atoms with Gasteiger partial charge in [0.2, 0.25) is 0 Å². The lowest BCUT2D eigenvalue weighted by Gasteiger charge is -2.33. The van der Waals surface area contributed by atoms with Crippen LogP contribution in [-0.4, -0.2) is 23.1 Å². The Labute approximate surface area is 115 Å². The molecule has 0 saturated carbocycles. The van der Waals surface area contributed by atoms with Crippen LogP contribution in [0.15, 0.2) is 6.33 Å². The van der Waals surface area contributed by atoms with Crippen molar-refractivity contribution in [2.24, 2.45) is 5.92 Å². The van der Waals surface area contributed by atoms with Crippen LogP contribution in [0.5, 0.6) is 0 Å². The summed E-state index contributed by atoms with van der Waals surface area (Å²) in [5, 5.41) is 0.625. The van der Waals surface area contributed by atoms with E-state index in [0.717, 1.165) is 43.2 Å². The predicted molar refractivity (Wildman–Crippen MR) is 76.3 cm³/mol. The second kappa shape index (κ2) is 6.37. The molecule has 1 fully saturated rings. The van der Waals surface area contributed by atoms with Gasteiger partial charge in [-0.15, -0.1) is 0 Å².